The van der Waals surface area contributed by atoms with Crippen LogP contribution in [0.2, 0.25) is 0 Å². The molecular formula is C25H32ClN5O3. The molecule has 1 fully saturated rings. The minimum Gasteiger partial charge on any atom is -0.495 e. The third-order valence-electron chi connectivity index (χ3n) is 6.70. The maximum absolute atomic E-state index is 12.5. The molecule has 0 unspecified atom stereocenters. The van der Waals surface area contributed by atoms with Crippen LogP contribution in [0, 0.1) is 0 Å². The van der Waals surface area contributed by atoms with Gasteiger partial charge in [-0.15, -0.1) is 12.4 Å². The Morgan fingerprint density at radius 3 is 2.82 bits per heavy atom. The number of nitrogens with zero attached hydrogens (tertiary/aromatic N) is 4. The van der Waals surface area contributed by atoms with Gasteiger partial charge in [0.2, 0.25) is 0 Å². The highest BCUT2D eigenvalue weighted by Crippen LogP contribution is 2.24. The second-order valence-electron chi connectivity index (χ2n) is 8.83. The largest absolute Gasteiger partial charge is 0.495 e. The number of rotatable bonds is 7. The highest BCUT2D eigenvalue weighted by atomic mass is 35.5. The van der Waals surface area contributed by atoms with Crippen LogP contribution in [0.4, 0.5) is 0 Å². The molecule has 0 aromatic carbocycles. The van der Waals surface area contributed by atoms with Crippen molar-refractivity contribution in [3.8, 4) is 11.5 Å². The van der Waals surface area contributed by atoms with Crippen LogP contribution >= 0.6 is 12.4 Å². The van der Waals surface area contributed by atoms with Gasteiger partial charge in [0, 0.05) is 37.8 Å². The van der Waals surface area contributed by atoms with E-state index in [0.29, 0.717) is 18.3 Å². The maximum Gasteiger partial charge on any atom is 0.251 e. The van der Waals surface area contributed by atoms with Gasteiger partial charge in [0.05, 0.1) is 42.8 Å². The fraction of sp³-hybridized carbons (Fsp3) is 0.480. The van der Waals surface area contributed by atoms with Crippen LogP contribution in [0.5, 0.6) is 11.5 Å². The van der Waals surface area contributed by atoms with E-state index in [4.69, 9.17) is 9.47 Å². The predicted molar refractivity (Wildman–Crippen MR) is 134 cm³/mol. The first-order valence-corrected chi connectivity index (χ1v) is 11.8. The number of nitrogens with one attached hydrogen (secondary N) is 1. The summed E-state index contributed by atoms with van der Waals surface area (Å²) in [4.78, 5) is 23.9. The standard InChI is InChI=1S/C25H31N5O3.ClH/c1-32-21-14-23-22(28-16-21)4-5-25(31)30(23)11-10-29-8-6-19(7-9-29)26-15-20-13-18-3-2-12-33-24(18)17-27-20;/h4-5,13-14,16-17,19,26H,2-3,6-12,15H2,1H3;1H. The van der Waals surface area contributed by atoms with E-state index in [0.717, 1.165) is 80.9 Å². The van der Waals surface area contributed by atoms with Gasteiger partial charge in [0.1, 0.15) is 11.5 Å². The van der Waals surface area contributed by atoms with Crippen molar-refractivity contribution in [2.75, 3.05) is 33.4 Å². The zero-order chi connectivity index (χ0) is 22.6. The summed E-state index contributed by atoms with van der Waals surface area (Å²) in [6.45, 7) is 5.11. The number of hydrogen-bond donors (Lipinski definition) is 1. The molecule has 34 heavy (non-hydrogen) atoms. The molecule has 0 atom stereocenters. The van der Waals surface area contributed by atoms with Crippen molar-refractivity contribution in [2.24, 2.45) is 0 Å². The normalized spacial score (nSPS) is 16.5. The first kappa shape index (κ1) is 24.4. The van der Waals surface area contributed by atoms with Crippen LogP contribution in [-0.2, 0) is 19.5 Å². The molecule has 1 N–H and O–H groups in total. The van der Waals surface area contributed by atoms with Gasteiger partial charge in [-0.25, -0.2) is 0 Å². The molecule has 0 bridgehead atoms. The average Bonchev–Trinajstić information content (AvgIpc) is 2.87. The first-order chi connectivity index (χ1) is 16.2. The lowest BCUT2D eigenvalue weighted by atomic mass is 10.0. The summed E-state index contributed by atoms with van der Waals surface area (Å²) in [5.74, 6) is 1.60. The van der Waals surface area contributed by atoms with E-state index in [9.17, 15) is 4.79 Å². The summed E-state index contributed by atoms with van der Waals surface area (Å²) < 4.78 is 12.8. The monoisotopic (exact) mass is 485 g/mol. The number of aromatic nitrogens is 3. The molecule has 2 aliphatic heterocycles. The fourth-order valence-electron chi connectivity index (χ4n) is 4.74. The molecule has 9 heteroatoms. The Bertz CT molecular complexity index is 1180. The van der Waals surface area contributed by atoms with Crippen LogP contribution in [0.25, 0.3) is 11.0 Å². The SMILES string of the molecule is COc1cnc2ccc(=O)n(CCN3CCC(NCc4cc5c(cn4)OCCC5)CC3)c2c1.Cl. The summed E-state index contributed by atoms with van der Waals surface area (Å²) in [5.41, 5.74) is 3.99. The smallest absolute Gasteiger partial charge is 0.251 e. The quantitative estimate of drug-likeness (QED) is 0.551. The molecule has 3 aromatic heterocycles. The van der Waals surface area contributed by atoms with Crippen LogP contribution in [0.3, 0.4) is 0 Å². The molecule has 8 nitrogen and oxygen atoms in total. The average molecular weight is 486 g/mol. The van der Waals surface area contributed by atoms with Crippen LogP contribution < -0.4 is 20.3 Å². The summed E-state index contributed by atoms with van der Waals surface area (Å²) in [6.07, 6.45) is 7.89. The molecule has 2 aliphatic rings. The van der Waals surface area contributed by atoms with E-state index in [1.54, 1.807) is 30.0 Å². The molecule has 5 heterocycles. The second-order valence-corrected chi connectivity index (χ2v) is 8.83. The van der Waals surface area contributed by atoms with Crippen molar-refractivity contribution in [1.29, 1.82) is 0 Å². The zero-order valence-corrected chi connectivity index (χ0v) is 20.4. The van der Waals surface area contributed by atoms with Crippen molar-refractivity contribution in [3.05, 3.63) is 58.3 Å². The summed E-state index contributed by atoms with van der Waals surface area (Å²) in [7, 11) is 1.61. The number of aryl methyl sites for hydroxylation is 1. The number of piperidine rings is 1. The number of pyridine rings is 3. The van der Waals surface area contributed by atoms with Crippen molar-refractivity contribution < 1.29 is 9.47 Å². The molecule has 3 aromatic rings. The molecule has 0 saturated carbocycles. The van der Waals surface area contributed by atoms with Crippen molar-refractivity contribution in [1.82, 2.24) is 24.8 Å². The molecule has 0 amide bonds. The third-order valence-corrected chi connectivity index (χ3v) is 6.70. The summed E-state index contributed by atoms with van der Waals surface area (Å²) >= 11 is 0. The van der Waals surface area contributed by atoms with Crippen LogP contribution in [0.15, 0.2) is 41.5 Å². The molecule has 1 saturated heterocycles. The molecule has 5 rings (SSSR count). The van der Waals surface area contributed by atoms with Gasteiger partial charge in [0.25, 0.3) is 5.56 Å². The Morgan fingerprint density at radius 2 is 2.00 bits per heavy atom. The van der Waals surface area contributed by atoms with Gasteiger partial charge < -0.3 is 24.3 Å². The van der Waals surface area contributed by atoms with E-state index in [2.05, 4.69) is 26.3 Å². The van der Waals surface area contributed by atoms with Crippen molar-refractivity contribution in [2.45, 2.75) is 44.8 Å². The van der Waals surface area contributed by atoms with E-state index in [-0.39, 0.29) is 18.0 Å². The minimum atomic E-state index is -0.00273. The molecular weight excluding hydrogens is 454 g/mol. The number of methoxy groups -OCH3 is 1. The molecule has 0 radical (unpaired) electrons. The summed E-state index contributed by atoms with van der Waals surface area (Å²) in [6, 6.07) is 7.93. The molecule has 0 spiro atoms. The first-order valence-electron chi connectivity index (χ1n) is 11.8. The Hall–Kier alpha value is -2.68. The molecule has 182 valence electrons. The minimum absolute atomic E-state index is 0. The van der Waals surface area contributed by atoms with Gasteiger partial charge in [-0.3, -0.25) is 14.8 Å². The van der Waals surface area contributed by atoms with Gasteiger partial charge in [-0.1, -0.05) is 0 Å². The topological polar surface area (TPSA) is 81.5 Å². The van der Waals surface area contributed by atoms with Crippen LogP contribution in [-0.4, -0.2) is 58.8 Å². The maximum atomic E-state index is 12.5. The zero-order valence-electron chi connectivity index (χ0n) is 19.5. The third kappa shape index (κ3) is 5.51. The number of ether oxygens (including phenoxy) is 2. The van der Waals surface area contributed by atoms with Gasteiger partial charge in [0.15, 0.2) is 0 Å². The Labute approximate surface area is 205 Å². The highest BCUT2D eigenvalue weighted by molar-refractivity contribution is 5.85. The predicted octanol–water partition coefficient (Wildman–Crippen LogP) is 2.80. The number of hydrogen-bond acceptors (Lipinski definition) is 7. The molecule has 0 aliphatic carbocycles. The Balaban J connectivity index is 0.00000274. The number of fused-ring (bicyclic) bond motifs is 2. The lowest BCUT2D eigenvalue weighted by Crippen LogP contribution is -2.43. The lowest BCUT2D eigenvalue weighted by molar-refractivity contribution is 0.191. The fourth-order valence-corrected chi connectivity index (χ4v) is 4.74. The lowest BCUT2D eigenvalue weighted by Gasteiger charge is -2.32. The van der Waals surface area contributed by atoms with Crippen molar-refractivity contribution >= 4 is 23.4 Å². The van der Waals surface area contributed by atoms with E-state index in [1.165, 1.54) is 5.56 Å². The van der Waals surface area contributed by atoms with Gasteiger partial charge in [-0.2, -0.15) is 0 Å². The van der Waals surface area contributed by atoms with Gasteiger partial charge >= 0.3 is 0 Å². The summed E-state index contributed by atoms with van der Waals surface area (Å²) in [5, 5.41) is 3.68. The second kappa shape index (κ2) is 11.2. The van der Waals surface area contributed by atoms with Crippen LogP contribution in [0.1, 0.15) is 30.5 Å². The number of likely N-dealkylation sites (tertiary alicyclic amines) is 1. The van der Waals surface area contributed by atoms with Gasteiger partial charge in [-0.05, 0) is 56.5 Å². The number of halogens is 1. The highest BCUT2D eigenvalue weighted by Gasteiger charge is 2.20. The van der Waals surface area contributed by atoms with Crippen molar-refractivity contribution in [3.63, 3.8) is 0 Å². The van der Waals surface area contributed by atoms with E-state index < -0.39 is 0 Å². The van der Waals surface area contributed by atoms with E-state index in [1.807, 2.05) is 12.3 Å². The Morgan fingerprint density at radius 1 is 1.15 bits per heavy atom. The van der Waals surface area contributed by atoms with E-state index >= 15 is 0 Å². The Kier molecular flexibility index (Phi) is 8.03.